The second-order valence-electron chi connectivity index (χ2n) is 4.06. The number of aliphatic hydroxyl groups is 1. The predicted octanol–water partition coefficient (Wildman–Crippen LogP) is 0.692. The Labute approximate surface area is 91.0 Å². The van der Waals surface area contributed by atoms with E-state index in [4.69, 9.17) is 9.84 Å². The van der Waals surface area contributed by atoms with Crippen molar-refractivity contribution in [2.45, 2.75) is 32.6 Å². The van der Waals surface area contributed by atoms with E-state index in [1.54, 1.807) is 0 Å². The molecule has 15 heavy (non-hydrogen) atoms. The van der Waals surface area contributed by atoms with Crippen molar-refractivity contribution in [3.05, 3.63) is 0 Å². The Morgan fingerprint density at radius 3 is 2.73 bits per heavy atom. The number of carbonyl (C=O) groups excluding carboxylic acids is 1. The van der Waals surface area contributed by atoms with E-state index in [1.807, 2.05) is 6.92 Å². The van der Waals surface area contributed by atoms with Gasteiger partial charge in [-0.3, -0.25) is 4.79 Å². The maximum absolute atomic E-state index is 11.8. The Bertz CT molecular complexity index is 202. The summed E-state index contributed by atoms with van der Waals surface area (Å²) >= 11 is 0. The van der Waals surface area contributed by atoms with Crippen LogP contribution in [0.5, 0.6) is 0 Å². The van der Waals surface area contributed by atoms with Crippen LogP contribution in [0.4, 0.5) is 0 Å². The molecule has 0 aromatic carbocycles. The van der Waals surface area contributed by atoms with Crippen LogP contribution in [0.15, 0.2) is 0 Å². The average molecular weight is 215 g/mol. The molecule has 4 nitrogen and oxygen atoms in total. The summed E-state index contributed by atoms with van der Waals surface area (Å²) in [7, 11) is 0. The molecular formula is C11H21NO3. The van der Waals surface area contributed by atoms with Crippen molar-refractivity contribution < 1.29 is 14.6 Å². The molecule has 0 radical (unpaired) electrons. The normalized spacial score (nSPS) is 18.3. The number of hydrogen-bond donors (Lipinski definition) is 2. The minimum Gasteiger partial charge on any atom is -0.395 e. The topological polar surface area (TPSA) is 58.6 Å². The van der Waals surface area contributed by atoms with Gasteiger partial charge in [-0.15, -0.1) is 0 Å². The van der Waals surface area contributed by atoms with Crippen LogP contribution in [0, 0.1) is 5.41 Å². The molecule has 0 aliphatic heterocycles. The third-order valence-corrected chi connectivity index (χ3v) is 3.12. The first-order valence-corrected chi connectivity index (χ1v) is 5.72. The van der Waals surface area contributed by atoms with Crippen LogP contribution in [0.1, 0.15) is 32.6 Å². The van der Waals surface area contributed by atoms with Crippen LogP contribution >= 0.6 is 0 Å². The zero-order valence-electron chi connectivity index (χ0n) is 9.42. The van der Waals surface area contributed by atoms with E-state index in [2.05, 4.69) is 5.32 Å². The SMILES string of the molecule is CCOCCC1(C(=O)NCCO)CCC1. The first-order valence-electron chi connectivity index (χ1n) is 5.72. The van der Waals surface area contributed by atoms with Crippen molar-refractivity contribution in [2.24, 2.45) is 5.41 Å². The van der Waals surface area contributed by atoms with Crippen molar-refractivity contribution >= 4 is 5.91 Å². The highest BCUT2D eigenvalue weighted by Crippen LogP contribution is 2.44. The van der Waals surface area contributed by atoms with Gasteiger partial charge in [-0.05, 0) is 26.2 Å². The van der Waals surface area contributed by atoms with Crippen molar-refractivity contribution in [1.82, 2.24) is 5.32 Å². The van der Waals surface area contributed by atoms with Crippen LogP contribution in [-0.2, 0) is 9.53 Å². The van der Waals surface area contributed by atoms with Crippen molar-refractivity contribution in [2.75, 3.05) is 26.4 Å². The van der Waals surface area contributed by atoms with Gasteiger partial charge in [-0.2, -0.15) is 0 Å². The third-order valence-electron chi connectivity index (χ3n) is 3.12. The molecule has 1 fully saturated rings. The summed E-state index contributed by atoms with van der Waals surface area (Å²) in [5, 5.41) is 11.4. The standard InChI is InChI=1S/C11H21NO3/c1-2-15-9-6-11(4-3-5-11)10(14)12-7-8-13/h13H,2-9H2,1H3,(H,12,14). The first kappa shape index (κ1) is 12.5. The predicted molar refractivity (Wildman–Crippen MR) is 57.5 cm³/mol. The van der Waals surface area contributed by atoms with Gasteiger partial charge in [0.15, 0.2) is 0 Å². The molecule has 0 atom stereocenters. The van der Waals surface area contributed by atoms with Gasteiger partial charge in [-0.1, -0.05) is 6.42 Å². The summed E-state index contributed by atoms with van der Waals surface area (Å²) in [6.45, 7) is 3.68. The second kappa shape index (κ2) is 6.08. The number of carbonyl (C=O) groups is 1. The van der Waals surface area contributed by atoms with Crippen molar-refractivity contribution in [3.63, 3.8) is 0 Å². The number of aliphatic hydroxyl groups excluding tert-OH is 1. The summed E-state index contributed by atoms with van der Waals surface area (Å²) in [6.07, 6.45) is 3.84. The van der Waals surface area contributed by atoms with Gasteiger partial charge in [0.05, 0.1) is 12.0 Å². The van der Waals surface area contributed by atoms with Crippen LogP contribution in [0.3, 0.4) is 0 Å². The molecule has 0 saturated heterocycles. The van der Waals surface area contributed by atoms with Crippen LogP contribution in [0.2, 0.25) is 0 Å². The van der Waals surface area contributed by atoms with E-state index >= 15 is 0 Å². The second-order valence-corrected chi connectivity index (χ2v) is 4.06. The van der Waals surface area contributed by atoms with E-state index in [0.29, 0.717) is 19.8 Å². The number of amides is 1. The Morgan fingerprint density at radius 2 is 2.27 bits per heavy atom. The maximum atomic E-state index is 11.8. The van der Waals surface area contributed by atoms with Gasteiger partial charge in [0.25, 0.3) is 0 Å². The van der Waals surface area contributed by atoms with E-state index in [0.717, 1.165) is 25.7 Å². The molecule has 0 aromatic rings. The molecule has 1 saturated carbocycles. The largest absolute Gasteiger partial charge is 0.395 e. The van der Waals surface area contributed by atoms with E-state index in [1.165, 1.54) is 0 Å². The van der Waals surface area contributed by atoms with Crippen molar-refractivity contribution in [3.8, 4) is 0 Å². The van der Waals surface area contributed by atoms with Gasteiger partial charge in [-0.25, -0.2) is 0 Å². The smallest absolute Gasteiger partial charge is 0.226 e. The molecule has 0 bridgehead atoms. The maximum Gasteiger partial charge on any atom is 0.226 e. The quantitative estimate of drug-likeness (QED) is 0.614. The molecule has 0 unspecified atom stereocenters. The number of rotatable bonds is 7. The highest BCUT2D eigenvalue weighted by molar-refractivity contribution is 5.83. The Balaban J connectivity index is 2.34. The third kappa shape index (κ3) is 3.18. The van der Waals surface area contributed by atoms with Crippen LogP contribution < -0.4 is 5.32 Å². The molecular weight excluding hydrogens is 194 g/mol. The van der Waals surface area contributed by atoms with Crippen LogP contribution in [-0.4, -0.2) is 37.4 Å². The van der Waals surface area contributed by atoms with Gasteiger partial charge in [0.1, 0.15) is 0 Å². The fourth-order valence-corrected chi connectivity index (χ4v) is 1.96. The first-order chi connectivity index (χ1) is 7.25. The highest BCUT2D eigenvalue weighted by Gasteiger charge is 2.43. The lowest BCUT2D eigenvalue weighted by molar-refractivity contribution is -0.137. The summed E-state index contributed by atoms with van der Waals surface area (Å²) in [5.74, 6) is 0.0857. The molecule has 4 heteroatoms. The zero-order chi connectivity index (χ0) is 11.1. The van der Waals surface area contributed by atoms with Gasteiger partial charge >= 0.3 is 0 Å². The molecule has 0 aromatic heterocycles. The highest BCUT2D eigenvalue weighted by atomic mass is 16.5. The number of nitrogens with one attached hydrogen (secondary N) is 1. The monoisotopic (exact) mass is 215 g/mol. The number of hydrogen-bond acceptors (Lipinski definition) is 3. The molecule has 1 rings (SSSR count). The molecule has 88 valence electrons. The minimum absolute atomic E-state index is 0.00722. The average Bonchev–Trinajstić information content (AvgIpc) is 2.18. The summed E-state index contributed by atoms with van der Waals surface area (Å²) < 4.78 is 5.29. The Hall–Kier alpha value is -0.610. The number of ether oxygens (including phenoxy) is 1. The lowest BCUT2D eigenvalue weighted by Gasteiger charge is -2.40. The fraction of sp³-hybridized carbons (Fsp3) is 0.909. The zero-order valence-corrected chi connectivity index (χ0v) is 9.42. The van der Waals surface area contributed by atoms with Gasteiger partial charge in [0, 0.05) is 19.8 Å². The lowest BCUT2D eigenvalue weighted by atomic mass is 9.66. The van der Waals surface area contributed by atoms with E-state index in [9.17, 15) is 4.79 Å². The summed E-state index contributed by atoms with van der Waals surface area (Å²) in [5.41, 5.74) is -0.204. The van der Waals surface area contributed by atoms with Gasteiger partial charge < -0.3 is 15.2 Å². The van der Waals surface area contributed by atoms with E-state index in [-0.39, 0.29) is 17.9 Å². The molecule has 0 heterocycles. The fourth-order valence-electron chi connectivity index (χ4n) is 1.96. The molecule has 1 amide bonds. The lowest BCUT2D eigenvalue weighted by Crippen LogP contribution is -2.47. The van der Waals surface area contributed by atoms with Crippen LogP contribution in [0.25, 0.3) is 0 Å². The Morgan fingerprint density at radius 1 is 1.53 bits per heavy atom. The van der Waals surface area contributed by atoms with E-state index < -0.39 is 0 Å². The van der Waals surface area contributed by atoms with Gasteiger partial charge in [0.2, 0.25) is 5.91 Å². The molecule has 2 N–H and O–H groups in total. The Kier molecular flexibility index (Phi) is 5.05. The summed E-state index contributed by atoms with van der Waals surface area (Å²) in [6, 6.07) is 0. The molecule has 1 aliphatic carbocycles. The minimum atomic E-state index is -0.204. The molecule has 1 aliphatic rings. The summed E-state index contributed by atoms with van der Waals surface area (Å²) in [4.78, 5) is 11.8. The molecule has 0 spiro atoms. The van der Waals surface area contributed by atoms with Crippen molar-refractivity contribution in [1.29, 1.82) is 0 Å².